The maximum Gasteiger partial charge on any atom is 0.271 e. The predicted octanol–water partition coefficient (Wildman–Crippen LogP) is 2.47. The zero-order valence-corrected chi connectivity index (χ0v) is 13.9. The molecule has 0 unspecified atom stereocenters. The van der Waals surface area contributed by atoms with Crippen molar-refractivity contribution in [2.75, 3.05) is 7.11 Å². The van der Waals surface area contributed by atoms with Gasteiger partial charge in [0.2, 0.25) is 0 Å². The summed E-state index contributed by atoms with van der Waals surface area (Å²) in [6.07, 6.45) is 0. The van der Waals surface area contributed by atoms with E-state index in [1.54, 1.807) is 25.3 Å². The number of primary amides is 1. The molecule has 0 saturated carbocycles. The number of hydrogen-bond donors (Lipinski definition) is 2. The Hall–Kier alpha value is -3.35. The molecule has 7 nitrogen and oxygen atoms in total. The highest BCUT2D eigenvalue weighted by Gasteiger charge is 2.21. The topological polar surface area (TPSA) is 103 Å². The van der Waals surface area contributed by atoms with Gasteiger partial charge in [-0.2, -0.15) is 15.4 Å². The molecule has 1 amide bonds. The minimum absolute atomic E-state index is 0.0500. The molecular formula is C18H18N4O3. The van der Waals surface area contributed by atoms with E-state index < -0.39 is 5.91 Å². The number of benzene rings is 2. The van der Waals surface area contributed by atoms with Gasteiger partial charge in [0.1, 0.15) is 12.3 Å². The first-order chi connectivity index (χ1) is 12.1. The summed E-state index contributed by atoms with van der Waals surface area (Å²) in [5.74, 6) is 0.339. The van der Waals surface area contributed by atoms with Crippen LogP contribution in [0.4, 0.5) is 0 Å². The van der Waals surface area contributed by atoms with E-state index in [0.717, 1.165) is 11.1 Å². The van der Waals surface area contributed by atoms with E-state index in [1.807, 2.05) is 31.2 Å². The molecule has 7 heteroatoms. The van der Waals surface area contributed by atoms with Gasteiger partial charge in [0.25, 0.3) is 5.91 Å². The van der Waals surface area contributed by atoms with Gasteiger partial charge in [-0.05, 0) is 30.2 Å². The van der Waals surface area contributed by atoms with Crippen molar-refractivity contribution < 1.29 is 14.3 Å². The highest BCUT2D eigenvalue weighted by molar-refractivity contribution is 5.97. The number of hydrogen-bond acceptors (Lipinski definition) is 5. The third kappa shape index (κ3) is 3.30. The third-order valence-corrected chi connectivity index (χ3v) is 3.87. The fraction of sp³-hybridized carbons (Fsp3) is 0.167. The van der Waals surface area contributed by atoms with Crippen molar-refractivity contribution in [3.63, 3.8) is 0 Å². The van der Waals surface area contributed by atoms with Crippen molar-refractivity contribution in [3.05, 3.63) is 59.3 Å². The van der Waals surface area contributed by atoms with Crippen LogP contribution in [0.1, 0.15) is 21.6 Å². The summed E-state index contributed by atoms with van der Waals surface area (Å²) in [7, 11) is 1.55. The summed E-state index contributed by atoms with van der Waals surface area (Å²) in [6.45, 7) is 2.37. The molecule has 0 aliphatic carbocycles. The summed E-state index contributed by atoms with van der Waals surface area (Å²) in [5, 5.41) is 10.3. The van der Waals surface area contributed by atoms with Gasteiger partial charge in [-0.1, -0.05) is 30.3 Å². The smallest absolute Gasteiger partial charge is 0.271 e. The summed E-state index contributed by atoms with van der Waals surface area (Å²) in [6, 6.07) is 13.3. The zero-order valence-electron chi connectivity index (χ0n) is 13.9. The molecule has 2 aromatic carbocycles. The predicted molar refractivity (Wildman–Crippen MR) is 92.4 cm³/mol. The van der Waals surface area contributed by atoms with Gasteiger partial charge < -0.3 is 15.2 Å². The summed E-state index contributed by atoms with van der Waals surface area (Å²) < 4.78 is 11.4. The molecule has 0 aliphatic rings. The molecule has 3 rings (SSSR count). The Morgan fingerprint density at radius 3 is 2.68 bits per heavy atom. The van der Waals surface area contributed by atoms with E-state index in [-0.39, 0.29) is 5.69 Å². The molecule has 0 bridgehead atoms. The maximum absolute atomic E-state index is 11.6. The molecular weight excluding hydrogens is 320 g/mol. The van der Waals surface area contributed by atoms with Crippen LogP contribution >= 0.6 is 0 Å². The van der Waals surface area contributed by atoms with Crippen LogP contribution in [0.2, 0.25) is 0 Å². The largest absolute Gasteiger partial charge is 0.493 e. The van der Waals surface area contributed by atoms with Gasteiger partial charge in [-0.15, -0.1) is 0 Å². The third-order valence-electron chi connectivity index (χ3n) is 3.87. The second kappa shape index (κ2) is 7.04. The Kier molecular flexibility index (Phi) is 4.65. The average molecular weight is 338 g/mol. The highest BCUT2D eigenvalue weighted by atomic mass is 16.5. The molecule has 0 atom stereocenters. The Morgan fingerprint density at radius 1 is 1.16 bits per heavy atom. The van der Waals surface area contributed by atoms with Crippen molar-refractivity contribution in [1.82, 2.24) is 15.4 Å². The number of ether oxygens (including phenoxy) is 2. The fourth-order valence-electron chi connectivity index (χ4n) is 2.52. The molecule has 1 heterocycles. The van der Waals surface area contributed by atoms with Crippen molar-refractivity contribution in [3.8, 4) is 22.8 Å². The van der Waals surface area contributed by atoms with E-state index in [9.17, 15) is 4.79 Å². The van der Waals surface area contributed by atoms with Crippen LogP contribution < -0.4 is 15.2 Å². The lowest BCUT2D eigenvalue weighted by molar-refractivity contribution is 0.0996. The lowest BCUT2D eigenvalue weighted by Crippen LogP contribution is -2.13. The quantitative estimate of drug-likeness (QED) is 0.718. The number of rotatable bonds is 6. The Balaban J connectivity index is 2.01. The second-order valence-corrected chi connectivity index (χ2v) is 5.44. The number of aromatic amines is 1. The fourth-order valence-corrected chi connectivity index (χ4v) is 2.52. The number of aryl methyl sites for hydroxylation is 1. The van der Waals surface area contributed by atoms with Crippen LogP contribution in [0.15, 0.2) is 42.5 Å². The lowest BCUT2D eigenvalue weighted by atomic mass is 10.1. The number of amides is 1. The number of para-hydroxylation sites is 1. The summed E-state index contributed by atoms with van der Waals surface area (Å²) in [5.41, 5.74) is 8.50. The number of nitrogens with zero attached hydrogens (tertiary/aromatic N) is 2. The average Bonchev–Trinajstić information content (AvgIpc) is 3.10. The van der Waals surface area contributed by atoms with Crippen LogP contribution in [0.3, 0.4) is 0 Å². The normalized spacial score (nSPS) is 10.5. The van der Waals surface area contributed by atoms with Crippen molar-refractivity contribution in [2.24, 2.45) is 5.73 Å². The number of carbonyl (C=O) groups excluding carboxylic acids is 1. The standard InChI is InChI=1S/C18H18N4O3/c1-11-6-3-4-7-12(11)10-25-17-13(8-5-9-14(17)24-2)15-16(18(19)23)21-22-20-15/h3-9H,10H2,1-2H3,(H2,19,23)(H,20,21,22). The van der Waals surface area contributed by atoms with E-state index in [2.05, 4.69) is 15.4 Å². The molecule has 25 heavy (non-hydrogen) atoms. The van der Waals surface area contributed by atoms with Gasteiger partial charge >= 0.3 is 0 Å². The van der Waals surface area contributed by atoms with Crippen molar-refractivity contribution >= 4 is 5.91 Å². The maximum atomic E-state index is 11.6. The molecule has 0 spiro atoms. The second-order valence-electron chi connectivity index (χ2n) is 5.44. The summed E-state index contributed by atoms with van der Waals surface area (Å²) in [4.78, 5) is 11.6. The van der Waals surface area contributed by atoms with E-state index >= 15 is 0 Å². The zero-order chi connectivity index (χ0) is 17.8. The van der Waals surface area contributed by atoms with Crippen LogP contribution in [0, 0.1) is 6.92 Å². The van der Waals surface area contributed by atoms with Crippen LogP contribution in [0.5, 0.6) is 11.5 Å². The van der Waals surface area contributed by atoms with Crippen LogP contribution in [0.25, 0.3) is 11.3 Å². The molecule has 3 aromatic rings. The molecule has 0 aliphatic heterocycles. The molecule has 0 radical (unpaired) electrons. The first-order valence-electron chi connectivity index (χ1n) is 7.67. The first kappa shape index (κ1) is 16.5. The number of carbonyl (C=O) groups is 1. The summed E-state index contributed by atoms with van der Waals surface area (Å²) >= 11 is 0. The monoisotopic (exact) mass is 338 g/mol. The number of H-pyrrole nitrogens is 1. The minimum atomic E-state index is -0.670. The number of aromatic nitrogens is 3. The van der Waals surface area contributed by atoms with Crippen molar-refractivity contribution in [1.29, 1.82) is 0 Å². The van der Waals surface area contributed by atoms with Crippen LogP contribution in [-0.2, 0) is 6.61 Å². The Bertz CT molecular complexity index is 905. The van der Waals surface area contributed by atoms with Gasteiger partial charge in [-0.25, -0.2) is 0 Å². The Morgan fingerprint density at radius 2 is 1.96 bits per heavy atom. The van der Waals surface area contributed by atoms with E-state index in [4.69, 9.17) is 15.2 Å². The number of nitrogens with one attached hydrogen (secondary N) is 1. The molecule has 0 fully saturated rings. The van der Waals surface area contributed by atoms with Gasteiger partial charge in [-0.3, -0.25) is 4.79 Å². The van der Waals surface area contributed by atoms with Crippen LogP contribution in [-0.4, -0.2) is 28.4 Å². The SMILES string of the molecule is COc1cccc(-c2n[nH]nc2C(N)=O)c1OCc1ccccc1C. The highest BCUT2D eigenvalue weighted by Crippen LogP contribution is 2.38. The van der Waals surface area contributed by atoms with E-state index in [0.29, 0.717) is 29.4 Å². The van der Waals surface area contributed by atoms with Gasteiger partial charge in [0.15, 0.2) is 17.2 Å². The number of methoxy groups -OCH3 is 1. The molecule has 1 aromatic heterocycles. The first-order valence-corrected chi connectivity index (χ1v) is 7.67. The van der Waals surface area contributed by atoms with Crippen molar-refractivity contribution in [2.45, 2.75) is 13.5 Å². The molecule has 3 N–H and O–H groups in total. The van der Waals surface area contributed by atoms with Gasteiger partial charge in [0.05, 0.1) is 12.7 Å². The van der Waals surface area contributed by atoms with E-state index in [1.165, 1.54) is 0 Å². The Labute approximate surface area is 144 Å². The lowest BCUT2D eigenvalue weighted by Gasteiger charge is -2.15. The molecule has 128 valence electrons. The minimum Gasteiger partial charge on any atom is -0.493 e. The molecule has 0 saturated heterocycles. The van der Waals surface area contributed by atoms with Gasteiger partial charge in [0, 0.05) is 0 Å². The number of nitrogens with two attached hydrogens (primary N) is 1.